The van der Waals surface area contributed by atoms with Crippen LogP contribution in [0.1, 0.15) is 5.01 Å². The molecule has 3 rings (SSSR count). The molecular formula is C12H9ClN4O2S2. The van der Waals surface area contributed by atoms with E-state index < -0.39 is 0 Å². The average Bonchev–Trinajstić information content (AvgIpc) is 3.14. The summed E-state index contributed by atoms with van der Waals surface area (Å²) in [5, 5.41) is 13.1. The molecule has 9 heteroatoms. The lowest BCUT2D eigenvalue weighted by atomic mass is 10.2. The molecule has 0 unspecified atom stereocenters. The summed E-state index contributed by atoms with van der Waals surface area (Å²) in [6.07, 6.45) is 2.02. The standard InChI is InChI=1S/C12H9ClN4O2S2/c1-20-12-16-15-9(21-12)6-18-11-14-10(17-19-11)7-4-2-3-5-8(7)13/h2-5H,6H2,1H3. The van der Waals surface area contributed by atoms with E-state index in [1.165, 1.54) is 23.1 Å². The lowest BCUT2D eigenvalue weighted by Crippen LogP contribution is -1.95. The second-order valence-corrected chi connectivity index (χ2v) is 6.34. The minimum atomic E-state index is 0.0748. The topological polar surface area (TPSA) is 73.9 Å². The largest absolute Gasteiger partial charge is 0.441 e. The minimum Gasteiger partial charge on any atom is -0.441 e. The van der Waals surface area contributed by atoms with E-state index in [4.69, 9.17) is 20.9 Å². The van der Waals surface area contributed by atoms with Crippen LogP contribution in [-0.4, -0.2) is 26.6 Å². The van der Waals surface area contributed by atoms with Gasteiger partial charge in [0, 0.05) is 5.56 Å². The molecule has 0 aliphatic rings. The predicted octanol–water partition coefficient (Wildman–Crippen LogP) is 3.54. The van der Waals surface area contributed by atoms with Crippen molar-refractivity contribution in [1.29, 1.82) is 0 Å². The Balaban J connectivity index is 1.69. The van der Waals surface area contributed by atoms with Crippen LogP contribution >= 0.6 is 34.7 Å². The number of hydrogen-bond donors (Lipinski definition) is 0. The van der Waals surface area contributed by atoms with Crippen LogP contribution in [0.15, 0.2) is 33.1 Å². The maximum atomic E-state index is 6.08. The Morgan fingerprint density at radius 2 is 2.19 bits per heavy atom. The van der Waals surface area contributed by atoms with Crippen LogP contribution in [0.5, 0.6) is 6.08 Å². The fraction of sp³-hybridized carbons (Fsp3) is 0.167. The first-order chi connectivity index (χ1) is 10.3. The Bertz CT molecular complexity index is 746. The third-order valence-corrected chi connectivity index (χ3v) is 4.67. The molecule has 2 aromatic heterocycles. The number of hydrogen-bond acceptors (Lipinski definition) is 8. The molecule has 0 amide bonds. The van der Waals surface area contributed by atoms with E-state index in [-0.39, 0.29) is 12.7 Å². The summed E-state index contributed by atoms with van der Waals surface area (Å²) in [6, 6.07) is 7.26. The van der Waals surface area contributed by atoms with Gasteiger partial charge in [-0.3, -0.25) is 4.52 Å². The SMILES string of the molecule is CSc1nnc(COc2nc(-c3ccccc3Cl)no2)s1. The van der Waals surface area contributed by atoms with Gasteiger partial charge in [-0.25, -0.2) is 0 Å². The van der Waals surface area contributed by atoms with Crippen LogP contribution in [0.25, 0.3) is 11.4 Å². The number of aromatic nitrogens is 4. The zero-order valence-corrected chi connectivity index (χ0v) is 13.2. The van der Waals surface area contributed by atoms with E-state index in [0.29, 0.717) is 16.4 Å². The van der Waals surface area contributed by atoms with Crippen LogP contribution in [-0.2, 0) is 6.61 Å². The number of benzene rings is 1. The Kier molecular flexibility index (Phi) is 4.37. The molecule has 0 bridgehead atoms. The highest BCUT2D eigenvalue weighted by Crippen LogP contribution is 2.27. The highest BCUT2D eigenvalue weighted by Gasteiger charge is 2.13. The van der Waals surface area contributed by atoms with Crippen LogP contribution in [0.3, 0.4) is 0 Å². The second kappa shape index (κ2) is 6.42. The molecule has 108 valence electrons. The van der Waals surface area contributed by atoms with Gasteiger partial charge in [-0.1, -0.05) is 52.0 Å². The van der Waals surface area contributed by atoms with Gasteiger partial charge >= 0.3 is 6.08 Å². The van der Waals surface area contributed by atoms with Crippen molar-refractivity contribution in [3.63, 3.8) is 0 Å². The van der Waals surface area contributed by atoms with Gasteiger partial charge in [-0.15, -0.1) is 10.2 Å². The van der Waals surface area contributed by atoms with Crippen molar-refractivity contribution < 1.29 is 9.26 Å². The molecular weight excluding hydrogens is 332 g/mol. The molecule has 0 aliphatic heterocycles. The zero-order valence-electron chi connectivity index (χ0n) is 10.8. The van der Waals surface area contributed by atoms with Crippen LogP contribution < -0.4 is 4.74 Å². The van der Waals surface area contributed by atoms with E-state index in [1.54, 1.807) is 6.07 Å². The van der Waals surface area contributed by atoms with Gasteiger partial charge in [-0.05, 0) is 18.4 Å². The third-order valence-electron chi connectivity index (χ3n) is 2.46. The maximum Gasteiger partial charge on any atom is 0.418 e. The molecule has 0 saturated heterocycles. The van der Waals surface area contributed by atoms with Crippen molar-refractivity contribution in [2.45, 2.75) is 10.9 Å². The van der Waals surface area contributed by atoms with Crippen molar-refractivity contribution in [1.82, 2.24) is 20.3 Å². The van der Waals surface area contributed by atoms with Gasteiger partial charge < -0.3 is 4.74 Å². The molecule has 0 aliphatic carbocycles. The molecule has 21 heavy (non-hydrogen) atoms. The normalized spacial score (nSPS) is 10.8. The first-order valence-electron chi connectivity index (χ1n) is 5.84. The summed E-state index contributed by atoms with van der Waals surface area (Å²) >= 11 is 9.08. The number of halogens is 1. The van der Waals surface area contributed by atoms with E-state index in [1.807, 2.05) is 24.5 Å². The first kappa shape index (κ1) is 14.3. The van der Waals surface area contributed by atoms with Crippen molar-refractivity contribution in [2.24, 2.45) is 0 Å². The van der Waals surface area contributed by atoms with E-state index in [0.717, 1.165) is 9.35 Å². The minimum absolute atomic E-state index is 0.0748. The fourth-order valence-electron chi connectivity index (χ4n) is 1.52. The Labute approximate surface area is 133 Å². The van der Waals surface area contributed by atoms with Gasteiger partial charge in [0.15, 0.2) is 9.35 Å². The van der Waals surface area contributed by atoms with Gasteiger partial charge in [0.1, 0.15) is 6.61 Å². The lowest BCUT2D eigenvalue weighted by Gasteiger charge is -1.96. The third kappa shape index (κ3) is 3.34. The van der Waals surface area contributed by atoms with Gasteiger partial charge in [0.2, 0.25) is 5.82 Å². The summed E-state index contributed by atoms with van der Waals surface area (Å²) in [6.45, 7) is 0.238. The molecule has 0 N–H and O–H groups in total. The Hall–Kier alpha value is -1.64. The second-order valence-electron chi connectivity index (χ2n) is 3.82. The lowest BCUT2D eigenvalue weighted by molar-refractivity contribution is 0.194. The summed E-state index contributed by atoms with van der Waals surface area (Å²) in [7, 11) is 0. The summed E-state index contributed by atoms with van der Waals surface area (Å²) < 4.78 is 11.3. The highest BCUT2D eigenvalue weighted by molar-refractivity contribution is 8.00. The van der Waals surface area contributed by atoms with E-state index in [2.05, 4.69) is 20.3 Å². The Morgan fingerprint density at radius 1 is 1.33 bits per heavy atom. The van der Waals surface area contributed by atoms with Crippen molar-refractivity contribution in [3.8, 4) is 17.5 Å². The zero-order chi connectivity index (χ0) is 14.7. The quantitative estimate of drug-likeness (QED) is 0.657. The van der Waals surface area contributed by atoms with Crippen LogP contribution in [0, 0.1) is 0 Å². The highest BCUT2D eigenvalue weighted by atomic mass is 35.5. The molecule has 0 fully saturated rings. The fourth-order valence-corrected chi connectivity index (χ4v) is 2.97. The number of rotatable bonds is 5. The van der Waals surface area contributed by atoms with Crippen molar-refractivity contribution >= 4 is 34.7 Å². The average molecular weight is 341 g/mol. The van der Waals surface area contributed by atoms with Crippen LogP contribution in [0.2, 0.25) is 5.02 Å². The molecule has 0 spiro atoms. The first-order valence-corrected chi connectivity index (χ1v) is 8.26. The Morgan fingerprint density at radius 3 is 2.95 bits per heavy atom. The summed E-state index contributed by atoms with van der Waals surface area (Å²) in [5.41, 5.74) is 0.693. The smallest absolute Gasteiger partial charge is 0.418 e. The number of ether oxygens (including phenoxy) is 1. The summed E-state index contributed by atoms with van der Waals surface area (Å²) in [4.78, 5) is 4.15. The van der Waals surface area contributed by atoms with Crippen molar-refractivity contribution in [3.05, 3.63) is 34.3 Å². The number of thioether (sulfide) groups is 1. The molecule has 3 aromatic rings. The van der Waals surface area contributed by atoms with Crippen LogP contribution in [0.4, 0.5) is 0 Å². The molecule has 6 nitrogen and oxygen atoms in total. The van der Waals surface area contributed by atoms with Gasteiger partial charge in [-0.2, -0.15) is 4.98 Å². The predicted molar refractivity (Wildman–Crippen MR) is 80.8 cm³/mol. The van der Waals surface area contributed by atoms with Crippen molar-refractivity contribution in [2.75, 3.05) is 6.26 Å². The monoisotopic (exact) mass is 340 g/mol. The van der Waals surface area contributed by atoms with Gasteiger partial charge in [0.25, 0.3) is 0 Å². The molecule has 1 aromatic carbocycles. The maximum absolute atomic E-state index is 6.08. The summed E-state index contributed by atoms with van der Waals surface area (Å²) in [5.74, 6) is 0.387. The van der Waals surface area contributed by atoms with E-state index in [9.17, 15) is 0 Å². The molecule has 0 atom stereocenters. The van der Waals surface area contributed by atoms with E-state index >= 15 is 0 Å². The molecule has 0 saturated carbocycles. The number of nitrogens with zero attached hydrogens (tertiary/aromatic N) is 4. The molecule has 2 heterocycles. The van der Waals surface area contributed by atoms with Gasteiger partial charge in [0.05, 0.1) is 5.02 Å². The molecule has 0 radical (unpaired) electrons.